The summed E-state index contributed by atoms with van der Waals surface area (Å²) >= 11 is 0. The molecule has 1 N–H and O–H groups in total. The van der Waals surface area contributed by atoms with Crippen LogP contribution in [0.4, 0.5) is 0 Å². The van der Waals surface area contributed by atoms with Gasteiger partial charge in [0.25, 0.3) is 5.91 Å². The van der Waals surface area contributed by atoms with E-state index in [-0.39, 0.29) is 11.3 Å². The third-order valence-electron chi connectivity index (χ3n) is 4.20. The Hall–Kier alpha value is -3.21. The Labute approximate surface area is 185 Å². The average Bonchev–Trinajstić information content (AvgIpc) is 2.91. The lowest BCUT2D eigenvalue weighted by molar-refractivity contribution is 0.0769. The third-order valence-corrected chi connectivity index (χ3v) is 4.20. The van der Waals surface area contributed by atoms with Gasteiger partial charge in [0, 0.05) is 17.3 Å². The number of hydrogen-bond acceptors (Lipinski definition) is 4. The Kier molecular flexibility index (Phi) is 8.74. The number of benzene rings is 1. The number of oxime groups is 1. The van der Waals surface area contributed by atoms with E-state index in [4.69, 9.17) is 4.84 Å². The molecule has 5 heteroatoms. The number of amides is 1. The summed E-state index contributed by atoms with van der Waals surface area (Å²) in [4.78, 5) is 21.8. The summed E-state index contributed by atoms with van der Waals surface area (Å²) in [6, 6.07) is 9.41. The van der Waals surface area contributed by atoms with Gasteiger partial charge in [0.1, 0.15) is 6.61 Å². The molecular formula is C26H33N3O2. The zero-order valence-electron chi connectivity index (χ0n) is 19.4. The normalized spacial score (nSPS) is 13.2. The summed E-state index contributed by atoms with van der Waals surface area (Å²) in [6.45, 7) is 12.9. The predicted octanol–water partition coefficient (Wildman–Crippen LogP) is 6.20. The molecule has 0 saturated heterocycles. The number of allylic oxidation sites excluding steroid dienone is 5. The Morgan fingerprint density at radius 2 is 1.87 bits per heavy atom. The van der Waals surface area contributed by atoms with Gasteiger partial charge in [0.15, 0.2) is 0 Å². The molecule has 3 rings (SSSR count). The van der Waals surface area contributed by atoms with E-state index < -0.39 is 0 Å². The van der Waals surface area contributed by atoms with Crippen molar-refractivity contribution in [2.45, 2.75) is 48.0 Å². The van der Waals surface area contributed by atoms with E-state index >= 15 is 0 Å². The molecule has 1 aliphatic carbocycles. The zero-order chi connectivity index (χ0) is 22.9. The van der Waals surface area contributed by atoms with Crippen LogP contribution in [0.2, 0.25) is 0 Å². The molecule has 0 bridgehead atoms. The minimum atomic E-state index is -0.107. The number of nitrogens with zero attached hydrogens (tertiary/aromatic N) is 2. The van der Waals surface area contributed by atoms with E-state index in [0.717, 1.165) is 28.7 Å². The van der Waals surface area contributed by atoms with Crippen LogP contribution >= 0.6 is 0 Å². The molecule has 164 valence electrons. The molecule has 0 radical (unpaired) electrons. The van der Waals surface area contributed by atoms with Gasteiger partial charge in [0.05, 0.1) is 16.8 Å². The smallest absolute Gasteiger partial charge is 0.256 e. The topological polar surface area (TPSA) is 63.6 Å². The molecule has 1 aromatic heterocycles. The van der Waals surface area contributed by atoms with E-state index in [0.29, 0.717) is 12.2 Å². The fourth-order valence-electron chi connectivity index (χ4n) is 2.67. The molecule has 0 aliphatic heterocycles. The van der Waals surface area contributed by atoms with Crippen LogP contribution in [0.3, 0.4) is 0 Å². The van der Waals surface area contributed by atoms with Crippen molar-refractivity contribution in [2.24, 2.45) is 10.6 Å². The highest BCUT2D eigenvalue weighted by Gasteiger charge is 2.11. The number of para-hydroxylation sites is 1. The van der Waals surface area contributed by atoms with Crippen molar-refractivity contribution in [1.29, 1.82) is 0 Å². The second-order valence-corrected chi connectivity index (χ2v) is 8.88. The standard InChI is InChI=1S/C18H16N2O.C8H17NO/c1-13-5-4-6-14(10-9-13)20-18(21)16-11-12-19-17-8-3-2-7-15(16)17;1-7(2)9-10-6-8(3,4)5/h2-3,5-12H,4H2,1H3,(H,20,21);6H2,1-5H3. The molecule has 1 heterocycles. The van der Waals surface area contributed by atoms with Crippen LogP contribution in [-0.4, -0.2) is 23.2 Å². The molecule has 0 spiro atoms. The first-order valence-corrected chi connectivity index (χ1v) is 10.5. The highest BCUT2D eigenvalue weighted by molar-refractivity contribution is 6.06. The van der Waals surface area contributed by atoms with E-state index in [1.165, 1.54) is 5.57 Å². The summed E-state index contributed by atoms with van der Waals surface area (Å²) in [7, 11) is 0. The number of carbonyl (C=O) groups is 1. The number of nitrogens with one attached hydrogen (secondary N) is 1. The molecule has 0 atom stereocenters. The number of aromatic nitrogens is 1. The second-order valence-electron chi connectivity index (χ2n) is 8.88. The van der Waals surface area contributed by atoms with Gasteiger partial charge < -0.3 is 10.2 Å². The summed E-state index contributed by atoms with van der Waals surface area (Å²) < 4.78 is 0. The molecule has 5 nitrogen and oxygen atoms in total. The summed E-state index contributed by atoms with van der Waals surface area (Å²) in [5, 5.41) is 7.65. The van der Waals surface area contributed by atoms with Crippen molar-refractivity contribution in [3.8, 4) is 0 Å². The number of carbonyl (C=O) groups excluding carboxylic acids is 1. The summed E-state index contributed by atoms with van der Waals surface area (Å²) in [5.74, 6) is -0.107. The number of rotatable bonds is 4. The summed E-state index contributed by atoms with van der Waals surface area (Å²) in [6.07, 6.45) is 10.6. The lowest BCUT2D eigenvalue weighted by atomic mass is 9.99. The van der Waals surface area contributed by atoms with Crippen molar-refractivity contribution >= 4 is 22.5 Å². The number of fused-ring (bicyclic) bond motifs is 1. The molecule has 0 unspecified atom stereocenters. The lowest BCUT2D eigenvalue weighted by Gasteiger charge is -2.15. The highest BCUT2D eigenvalue weighted by Crippen LogP contribution is 2.17. The Bertz CT molecular complexity index is 1020. The predicted molar refractivity (Wildman–Crippen MR) is 129 cm³/mol. The minimum Gasteiger partial charge on any atom is -0.395 e. The molecule has 0 fully saturated rings. The number of hydrogen-bond donors (Lipinski definition) is 1. The quantitative estimate of drug-likeness (QED) is 0.474. The minimum absolute atomic E-state index is 0.107. The molecular weight excluding hydrogens is 386 g/mol. The first kappa shape index (κ1) is 24.1. The van der Waals surface area contributed by atoms with Crippen molar-refractivity contribution < 1.29 is 9.63 Å². The Balaban J connectivity index is 0.000000291. The van der Waals surface area contributed by atoms with Crippen LogP contribution in [0, 0.1) is 5.41 Å². The van der Waals surface area contributed by atoms with Gasteiger partial charge in [-0.25, -0.2) is 0 Å². The maximum absolute atomic E-state index is 12.5. The third kappa shape index (κ3) is 8.59. The van der Waals surface area contributed by atoms with Crippen molar-refractivity contribution in [2.75, 3.05) is 6.61 Å². The van der Waals surface area contributed by atoms with Gasteiger partial charge in [-0.2, -0.15) is 0 Å². The van der Waals surface area contributed by atoms with E-state index in [1.807, 2.05) is 63.3 Å². The highest BCUT2D eigenvalue weighted by atomic mass is 16.6. The van der Waals surface area contributed by atoms with Crippen molar-refractivity contribution in [3.05, 3.63) is 77.7 Å². The molecule has 0 saturated carbocycles. The fraction of sp³-hybridized carbons (Fsp3) is 0.346. The summed E-state index contributed by atoms with van der Waals surface area (Å²) in [5.41, 5.74) is 4.67. The average molecular weight is 420 g/mol. The van der Waals surface area contributed by atoms with E-state index in [1.54, 1.807) is 12.3 Å². The molecule has 31 heavy (non-hydrogen) atoms. The van der Waals surface area contributed by atoms with Crippen LogP contribution in [0.15, 0.2) is 77.3 Å². The molecule has 1 amide bonds. The van der Waals surface area contributed by atoms with Gasteiger partial charge >= 0.3 is 0 Å². The SMILES string of the molecule is CC(C)=NOCC(C)(C)C.CC1=CCC=C(NC(=O)c2ccnc3ccccc23)C=C1. The van der Waals surface area contributed by atoms with Gasteiger partial charge in [-0.15, -0.1) is 0 Å². The van der Waals surface area contributed by atoms with Crippen LogP contribution in [0.5, 0.6) is 0 Å². The molecule has 2 aromatic rings. The Morgan fingerprint density at radius 3 is 2.58 bits per heavy atom. The van der Waals surface area contributed by atoms with Crippen molar-refractivity contribution in [1.82, 2.24) is 10.3 Å². The maximum atomic E-state index is 12.5. The van der Waals surface area contributed by atoms with E-state index in [9.17, 15) is 4.79 Å². The van der Waals surface area contributed by atoms with Crippen LogP contribution in [-0.2, 0) is 4.84 Å². The largest absolute Gasteiger partial charge is 0.395 e. The second kappa shape index (κ2) is 11.3. The van der Waals surface area contributed by atoms with E-state index in [2.05, 4.69) is 42.3 Å². The van der Waals surface area contributed by atoms with Crippen LogP contribution < -0.4 is 5.32 Å². The van der Waals surface area contributed by atoms with Gasteiger partial charge in [-0.05, 0) is 50.8 Å². The molecule has 1 aromatic carbocycles. The first-order valence-electron chi connectivity index (χ1n) is 10.5. The maximum Gasteiger partial charge on any atom is 0.256 e. The molecule has 1 aliphatic rings. The van der Waals surface area contributed by atoms with Gasteiger partial charge in [-0.3, -0.25) is 9.78 Å². The fourth-order valence-corrected chi connectivity index (χ4v) is 2.67. The van der Waals surface area contributed by atoms with Crippen molar-refractivity contribution in [3.63, 3.8) is 0 Å². The van der Waals surface area contributed by atoms with Gasteiger partial charge in [0.2, 0.25) is 0 Å². The van der Waals surface area contributed by atoms with Gasteiger partial charge in [-0.1, -0.05) is 67.9 Å². The lowest BCUT2D eigenvalue weighted by Crippen LogP contribution is -2.22. The van der Waals surface area contributed by atoms with Crippen LogP contribution in [0.25, 0.3) is 10.9 Å². The first-order chi connectivity index (χ1) is 14.7. The monoisotopic (exact) mass is 419 g/mol. The zero-order valence-corrected chi connectivity index (χ0v) is 19.4. The van der Waals surface area contributed by atoms with Crippen LogP contribution in [0.1, 0.15) is 58.3 Å². The number of pyridine rings is 1. The Morgan fingerprint density at radius 1 is 1.13 bits per heavy atom.